The third-order valence-electron chi connectivity index (χ3n) is 4.86. The maximum Gasteiger partial charge on any atom is 0.436 e. The second-order valence-electron chi connectivity index (χ2n) is 7.08. The van der Waals surface area contributed by atoms with Gasteiger partial charge in [0.2, 0.25) is 0 Å². The van der Waals surface area contributed by atoms with E-state index in [1.54, 1.807) is 12.3 Å². The zero-order valence-corrected chi connectivity index (χ0v) is 18.0. The van der Waals surface area contributed by atoms with Crippen LogP contribution in [0.2, 0.25) is 0 Å². The molecule has 1 aromatic carbocycles. The van der Waals surface area contributed by atoms with Gasteiger partial charge in [0.05, 0.1) is 5.56 Å². The molecule has 2 aromatic rings. The van der Waals surface area contributed by atoms with E-state index in [-0.39, 0.29) is 36.3 Å². The molecule has 0 bridgehead atoms. The number of nitrogens with zero attached hydrogens (tertiary/aromatic N) is 2. The summed E-state index contributed by atoms with van der Waals surface area (Å²) in [7, 11) is 0. The Balaban J connectivity index is 1.63. The Bertz CT molecular complexity index is 1000. The number of benzene rings is 1. The SMILES string of the molecule is CCN(NC(=O)c1cccc(C(=O)N2CCC(F)(F)CC2)c1)C(=O)OC(=O)c1ccsc1. The van der Waals surface area contributed by atoms with Crippen LogP contribution in [0.4, 0.5) is 13.6 Å². The van der Waals surface area contributed by atoms with Crippen molar-refractivity contribution in [3.8, 4) is 0 Å². The number of hydrogen-bond acceptors (Lipinski definition) is 6. The van der Waals surface area contributed by atoms with Gasteiger partial charge in [-0.1, -0.05) is 6.07 Å². The minimum absolute atomic E-state index is 0.0160. The van der Waals surface area contributed by atoms with E-state index >= 15 is 0 Å². The van der Waals surface area contributed by atoms with Gasteiger partial charge in [-0.2, -0.15) is 11.3 Å². The van der Waals surface area contributed by atoms with Gasteiger partial charge in [0.15, 0.2) is 0 Å². The highest BCUT2D eigenvalue weighted by Crippen LogP contribution is 2.28. The predicted molar refractivity (Wildman–Crippen MR) is 112 cm³/mol. The summed E-state index contributed by atoms with van der Waals surface area (Å²) in [4.78, 5) is 50.7. The quantitative estimate of drug-likeness (QED) is 0.423. The van der Waals surface area contributed by atoms with Crippen LogP contribution in [0.25, 0.3) is 0 Å². The van der Waals surface area contributed by atoms with E-state index in [0.29, 0.717) is 0 Å². The third-order valence-corrected chi connectivity index (χ3v) is 5.55. The molecule has 0 aliphatic carbocycles. The van der Waals surface area contributed by atoms with Crippen molar-refractivity contribution < 1.29 is 32.7 Å². The van der Waals surface area contributed by atoms with Crippen LogP contribution in [0.5, 0.6) is 0 Å². The lowest BCUT2D eigenvalue weighted by molar-refractivity contribution is -0.0494. The highest BCUT2D eigenvalue weighted by Gasteiger charge is 2.35. The largest absolute Gasteiger partial charge is 0.436 e. The molecule has 1 aliphatic heterocycles. The molecule has 1 saturated heterocycles. The van der Waals surface area contributed by atoms with Crippen molar-refractivity contribution in [3.63, 3.8) is 0 Å². The molecule has 2 heterocycles. The van der Waals surface area contributed by atoms with E-state index in [0.717, 1.165) is 5.01 Å². The van der Waals surface area contributed by atoms with E-state index in [1.165, 1.54) is 51.9 Å². The Hall–Kier alpha value is -3.34. The second kappa shape index (κ2) is 9.86. The van der Waals surface area contributed by atoms with Gasteiger partial charge in [-0.15, -0.1) is 0 Å². The number of carbonyl (C=O) groups is 4. The lowest BCUT2D eigenvalue weighted by Gasteiger charge is -2.31. The number of amides is 3. The zero-order valence-electron chi connectivity index (χ0n) is 17.2. The van der Waals surface area contributed by atoms with Crippen LogP contribution in [0.3, 0.4) is 0 Å². The number of likely N-dealkylation sites (tertiary alicyclic amines) is 1. The van der Waals surface area contributed by atoms with Gasteiger partial charge < -0.3 is 9.64 Å². The molecule has 11 heteroatoms. The average molecular weight is 465 g/mol. The van der Waals surface area contributed by atoms with Crippen LogP contribution in [0, 0.1) is 0 Å². The van der Waals surface area contributed by atoms with Crippen LogP contribution >= 0.6 is 11.3 Å². The Morgan fingerprint density at radius 1 is 1.12 bits per heavy atom. The van der Waals surface area contributed by atoms with E-state index in [2.05, 4.69) is 5.43 Å². The Morgan fingerprint density at radius 3 is 2.44 bits per heavy atom. The van der Waals surface area contributed by atoms with Crippen molar-refractivity contribution in [3.05, 3.63) is 57.8 Å². The minimum Gasteiger partial charge on any atom is -0.371 e. The summed E-state index contributed by atoms with van der Waals surface area (Å²) in [5, 5.41) is 4.01. The first-order valence-corrected chi connectivity index (χ1v) is 10.8. The minimum atomic E-state index is -2.78. The number of esters is 1. The van der Waals surface area contributed by atoms with E-state index in [1.807, 2.05) is 0 Å². The first-order chi connectivity index (χ1) is 15.2. The molecule has 0 saturated carbocycles. The van der Waals surface area contributed by atoms with E-state index < -0.39 is 42.6 Å². The summed E-state index contributed by atoms with van der Waals surface area (Å²) in [6.45, 7) is 1.44. The predicted octanol–water partition coefficient (Wildman–Crippen LogP) is 3.56. The summed E-state index contributed by atoms with van der Waals surface area (Å²) >= 11 is 1.27. The lowest BCUT2D eigenvalue weighted by Crippen LogP contribution is -2.47. The van der Waals surface area contributed by atoms with E-state index in [4.69, 9.17) is 4.74 Å². The molecule has 0 atom stereocenters. The number of piperidine rings is 1. The summed E-state index contributed by atoms with van der Waals surface area (Å²) < 4.78 is 31.4. The molecular weight excluding hydrogens is 444 g/mol. The molecule has 0 spiro atoms. The van der Waals surface area contributed by atoms with Gasteiger partial charge in [-0.05, 0) is 36.6 Å². The fraction of sp³-hybridized carbons (Fsp3) is 0.333. The third kappa shape index (κ3) is 5.67. The standard InChI is InChI=1S/C21H21F2N3O5S/c1-2-26(20(30)31-19(29)16-6-11-32-13-16)24-17(27)14-4-3-5-15(12-14)18(28)25-9-7-21(22,23)8-10-25/h3-6,11-13H,2,7-10H2,1H3,(H,24,27). The number of halogens is 2. The van der Waals surface area contributed by atoms with Gasteiger partial charge in [-0.3, -0.25) is 15.0 Å². The van der Waals surface area contributed by atoms with Gasteiger partial charge in [0.25, 0.3) is 17.7 Å². The molecule has 1 aromatic heterocycles. The average Bonchev–Trinajstić information content (AvgIpc) is 3.32. The maximum atomic E-state index is 13.3. The van der Waals surface area contributed by atoms with Crippen LogP contribution < -0.4 is 5.43 Å². The molecule has 8 nitrogen and oxygen atoms in total. The van der Waals surface area contributed by atoms with Crippen molar-refractivity contribution in [1.29, 1.82) is 0 Å². The number of rotatable bonds is 4. The fourth-order valence-corrected chi connectivity index (χ4v) is 3.65. The number of hydrazine groups is 1. The molecule has 1 aliphatic rings. The summed E-state index contributed by atoms with van der Waals surface area (Å²) in [6.07, 6.45) is -1.87. The highest BCUT2D eigenvalue weighted by atomic mass is 32.1. The van der Waals surface area contributed by atoms with Gasteiger partial charge in [0, 0.05) is 49.0 Å². The number of carbonyl (C=O) groups excluding carboxylic acids is 4. The summed E-state index contributed by atoms with van der Waals surface area (Å²) in [6, 6.07) is 7.22. The summed E-state index contributed by atoms with van der Waals surface area (Å²) in [5.41, 5.74) is 2.80. The molecule has 170 valence electrons. The highest BCUT2D eigenvalue weighted by molar-refractivity contribution is 7.08. The number of ether oxygens (including phenoxy) is 1. The molecule has 0 radical (unpaired) electrons. The molecule has 32 heavy (non-hydrogen) atoms. The molecular formula is C21H21F2N3O5S. The van der Waals surface area contributed by atoms with Crippen LogP contribution in [-0.4, -0.2) is 59.3 Å². The number of hydrogen-bond donors (Lipinski definition) is 1. The Morgan fingerprint density at radius 2 is 1.81 bits per heavy atom. The van der Waals surface area contributed by atoms with Gasteiger partial charge >= 0.3 is 12.1 Å². The normalized spacial score (nSPS) is 15.0. The smallest absolute Gasteiger partial charge is 0.371 e. The maximum absolute atomic E-state index is 13.3. The Labute approximate surface area is 186 Å². The van der Waals surface area contributed by atoms with Crippen LogP contribution in [0.15, 0.2) is 41.1 Å². The Kier molecular flexibility index (Phi) is 7.18. The first kappa shape index (κ1) is 23.3. The molecule has 0 unspecified atom stereocenters. The van der Waals surface area contributed by atoms with E-state index in [9.17, 15) is 28.0 Å². The molecule has 3 amide bonds. The summed E-state index contributed by atoms with van der Waals surface area (Å²) in [5.74, 6) is -4.78. The van der Waals surface area contributed by atoms with Crippen molar-refractivity contribution in [2.75, 3.05) is 19.6 Å². The first-order valence-electron chi connectivity index (χ1n) is 9.84. The van der Waals surface area contributed by atoms with Crippen molar-refractivity contribution >= 4 is 35.2 Å². The topological polar surface area (TPSA) is 96.0 Å². The molecule has 1 N–H and O–H groups in total. The number of alkyl halides is 2. The lowest BCUT2D eigenvalue weighted by atomic mass is 10.0. The zero-order chi connectivity index (χ0) is 23.3. The van der Waals surface area contributed by atoms with Crippen molar-refractivity contribution in [2.45, 2.75) is 25.7 Å². The van der Waals surface area contributed by atoms with Crippen LogP contribution in [0.1, 0.15) is 50.8 Å². The van der Waals surface area contributed by atoms with Crippen molar-refractivity contribution in [1.82, 2.24) is 15.3 Å². The number of nitrogens with one attached hydrogen (secondary N) is 1. The number of thiophene rings is 1. The molecule has 1 fully saturated rings. The fourth-order valence-electron chi connectivity index (χ4n) is 3.03. The second-order valence-corrected chi connectivity index (χ2v) is 7.86. The van der Waals surface area contributed by atoms with Crippen LogP contribution in [-0.2, 0) is 4.74 Å². The van der Waals surface area contributed by atoms with Gasteiger partial charge in [-0.25, -0.2) is 23.4 Å². The van der Waals surface area contributed by atoms with Gasteiger partial charge in [0.1, 0.15) is 0 Å². The van der Waals surface area contributed by atoms with Crippen molar-refractivity contribution in [2.24, 2.45) is 0 Å². The monoisotopic (exact) mass is 465 g/mol. The molecule has 3 rings (SSSR count).